The lowest BCUT2D eigenvalue weighted by Crippen LogP contribution is -2.41. The van der Waals surface area contributed by atoms with Crippen LogP contribution in [0.25, 0.3) is 0 Å². The van der Waals surface area contributed by atoms with E-state index in [0.717, 1.165) is 79.2 Å². The Morgan fingerprint density at radius 1 is 0.736 bits per heavy atom. The molecule has 9 rings (SSSR count). The summed E-state index contributed by atoms with van der Waals surface area (Å²) in [5.41, 5.74) is 10.4. The molecule has 0 bridgehead atoms. The normalized spacial score (nSPS) is 24.8. The number of pyridine rings is 2. The van der Waals surface area contributed by atoms with Gasteiger partial charge in [0.05, 0.1) is 45.2 Å². The smallest absolute Gasteiger partial charge is 0.414 e. The molecule has 2 aromatic heterocycles. The maximum Gasteiger partial charge on any atom is 0.414 e. The standard InChI is InChI=1S/C24H26FN3O3.C17H23N3O2/c1-23(2,3)31-22(30)28-13-15-12-17(15)20-18(28)8-9-19(26-20)24(10-11-24)27-21(29)14-4-6-16(25)7-5-14;1-16(2,3)22-15(21)20-9-10-8-11(10)14-12(20)4-5-13(19-14)17(18)6-7-17/h4-9,15,17H,10-13H2,1-3H3,(H,27,29);4-5,10-11H,6-9,18H2,1-3H3. The van der Waals surface area contributed by atoms with Crippen LogP contribution in [0.2, 0.25) is 0 Å². The lowest BCUT2D eigenvalue weighted by molar-refractivity contribution is 0.0565. The molecule has 0 spiro atoms. The second-order valence-corrected chi connectivity index (χ2v) is 17.8. The zero-order valence-corrected chi connectivity index (χ0v) is 31.4. The van der Waals surface area contributed by atoms with E-state index in [9.17, 15) is 18.8 Å². The first-order valence-corrected chi connectivity index (χ1v) is 18.8. The van der Waals surface area contributed by atoms with Crippen LogP contribution in [0.5, 0.6) is 0 Å². The first-order chi connectivity index (χ1) is 24.9. The molecule has 4 fully saturated rings. The number of nitrogens with zero attached hydrogens (tertiary/aromatic N) is 4. The highest BCUT2D eigenvalue weighted by Gasteiger charge is 2.52. The van der Waals surface area contributed by atoms with Gasteiger partial charge >= 0.3 is 12.2 Å². The van der Waals surface area contributed by atoms with Crippen molar-refractivity contribution in [2.75, 3.05) is 22.9 Å². The number of aromatic nitrogens is 2. The molecule has 0 saturated heterocycles. The summed E-state index contributed by atoms with van der Waals surface area (Å²) in [5, 5.41) is 3.09. The number of halogens is 1. The fraction of sp³-hybridized carbons (Fsp3) is 0.537. The van der Waals surface area contributed by atoms with Crippen molar-refractivity contribution in [2.45, 2.75) is 114 Å². The Kier molecular flexibility index (Phi) is 8.18. The van der Waals surface area contributed by atoms with E-state index >= 15 is 0 Å². The Bertz CT molecular complexity index is 1980. The maximum absolute atomic E-state index is 13.2. The molecule has 280 valence electrons. The van der Waals surface area contributed by atoms with Gasteiger partial charge in [-0.25, -0.2) is 14.0 Å². The molecule has 2 aliphatic heterocycles. The number of carbonyl (C=O) groups excluding carboxylic acids is 3. The summed E-state index contributed by atoms with van der Waals surface area (Å²) in [4.78, 5) is 51.1. The van der Waals surface area contributed by atoms with Gasteiger partial charge < -0.3 is 20.5 Å². The first-order valence-electron chi connectivity index (χ1n) is 18.8. The first kappa shape index (κ1) is 35.4. The molecule has 4 unspecified atom stereocenters. The zero-order valence-electron chi connectivity index (χ0n) is 31.4. The van der Waals surface area contributed by atoms with Crippen molar-refractivity contribution >= 4 is 29.5 Å². The van der Waals surface area contributed by atoms with Crippen LogP contribution in [0.15, 0.2) is 48.5 Å². The lowest BCUT2D eigenvalue weighted by Gasteiger charge is -2.31. The number of nitrogens with one attached hydrogen (secondary N) is 1. The van der Waals surface area contributed by atoms with Crippen molar-refractivity contribution in [3.05, 3.63) is 82.7 Å². The maximum atomic E-state index is 13.2. The second-order valence-electron chi connectivity index (χ2n) is 17.8. The van der Waals surface area contributed by atoms with Crippen LogP contribution in [0.3, 0.4) is 0 Å². The minimum Gasteiger partial charge on any atom is -0.443 e. The van der Waals surface area contributed by atoms with Crippen molar-refractivity contribution in [2.24, 2.45) is 17.6 Å². The van der Waals surface area contributed by atoms with Crippen LogP contribution < -0.4 is 20.9 Å². The molecule has 1 aromatic carbocycles. The summed E-state index contributed by atoms with van der Waals surface area (Å²) >= 11 is 0. The lowest BCUT2D eigenvalue weighted by atomic mass is 10.0. The number of hydrogen-bond donors (Lipinski definition) is 2. The van der Waals surface area contributed by atoms with Crippen LogP contribution in [-0.4, -0.2) is 52.4 Å². The molecule has 6 aliphatic rings. The highest BCUT2D eigenvalue weighted by Crippen LogP contribution is 2.56. The Morgan fingerprint density at radius 3 is 1.66 bits per heavy atom. The van der Waals surface area contributed by atoms with Gasteiger partial charge in [0.25, 0.3) is 5.91 Å². The minimum atomic E-state index is -0.562. The zero-order chi connectivity index (χ0) is 37.7. The monoisotopic (exact) mass is 724 g/mol. The van der Waals surface area contributed by atoms with E-state index in [1.165, 1.54) is 24.3 Å². The molecule has 11 nitrogen and oxygen atoms in total. The van der Waals surface area contributed by atoms with E-state index in [1.807, 2.05) is 65.8 Å². The van der Waals surface area contributed by atoms with Gasteiger partial charge in [-0.3, -0.25) is 24.6 Å². The van der Waals surface area contributed by atoms with Crippen molar-refractivity contribution in [3.63, 3.8) is 0 Å². The quantitative estimate of drug-likeness (QED) is 0.284. The highest BCUT2D eigenvalue weighted by molar-refractivity contribution is 5.95. The van der Waals surface area contributed by atoms with Crippen LogP contribution in [0, 0.1) is 17.7 Å². The highest BCUT2D eigenvalue weighted by atomic mass is 19.1. The van der Waals surface area contributed by atoms with Crippen LogP contribution in [-0.2, 0) is 20.6 Å². The fourth-order valence-electron chi connectivity index (χ4n) is 7.55. The number of amides is 3. The Hall–Kier alpha value is -4.58. The molecule has 4 saturated carbocycles. The van der Waals surface area contributed by atoms with E-state index in [1.54, 1.807) is 9.80 Å². The van der Waals surface area contributed by atoms with Gasteiger partial charge in [-0.1, -0.05) is 0 Å². The summed E-state index contributed by atoms with van der Waals surface area (Å²) in [6.07, 6.45) is 5.11. The molecular formula is C41H49FN6O5. The van der Waals surface area contributed by atoms with Gasteiger partial charge in [0.1, 0.15) is 17.0 Å². The number of fused-ring (bicyclic) bond motifs is 6. The van der Waals surface area contributed by atoms with E-state index in [0.29, 0.717) is 35.8 Å². The third-order valence-corrected chi connectivity index (χ3v) is 11.0. The SMILES string of the molecule is CC(C)(C)OC(=O)N1CC2CC2c2nc(C3(N)CC3)ccc21.CC(C)(C)OC(=O)N1CC2CC2c2nc(C3(NC(=O)c4ccc(F)cc4)CC3)ccc21. The molecule has 3 amide bonds. The molecule has 4 atom stereocenters. The van der Waals surface area contributed by atoms with Gasteiger partial charge in [-0.15, -0.1) is 0 Å². The topological polar surface area (TPSA) is 140 Å². The summed E-state index contributed by atoms with van der Waals surface area (Å²) in [6.45, 7) is 12.6. The number of benzene rings is 1. The Labute approximate surface area is 309 Å². The van der Waals surface area contributed by atoms with Gasteiger partial charge in [0, 0.05) is 30.5 Å². The van der Waals surface area contributed by atoms with Gasteiger partial charge in [-0.2, -0.15) is 0 Å². The largest absolute Gasteiger partial charge is 0.443 e. The van der Waals surface area contributed by atoms with E-state index in [2.05, 4.69) is 5.32 Å². The van der Waals surface area contributed by atoms with Gasteiger partial charge in [0.2, 0.25) is 0 Å². The third-order valence-electron chi connectivity index (χ3n) is 11.0. The van der Waals surface area contributed by atoms with Crippen molar-refractivity contribution in [1.29, 1.82) is 0 Å². The van der Waals surface area contributed by atoms with Crippen LogP contribution >= 0.6 is 0 Å². The van der Waals surface area contributed by atoms with Gasteiger partial charge in [0.15, 0.2) is 0 Å². The van der Waals surface area contributed by atoms with Crippen molar-refractivity contribution in [3.8, 4) is 0 Å². The molecule has 3 aromatic rings. The van der Waals surface area contributed by atoms with Crippen molar-refractivity contribution < 1.29 is 28.2 Å². The third kappa shape index (κ3) is 7.22. The number of anilines is 2. The molecular weight excluding hydrogens is 675 g/mol. The van der Waals surface area contributed by atoms with E-state index in [4.69, 9.17) is 25.2 Å². The summed E-state index contributed by atoms with van der Waals surface area (Å²) in [7, 11) is 0. The van der Waals surface area contributed by atoms with Gasteiger partial charge in [-0.05, 0) is 140 Å². The van der Waals surface area contributed by atoms with E-state index < -0.39 is 16.7 Å². The number of hydrogen-bond acceptors (Lipinski definition) is 8. The predicted octanol–water partition coefficient (Wildman–Crippen LogP) is 7.39. The minimum absolute atomic E-state index is 0.229. The second kappa shape index (κ2) is 12.2. The van der Waals surface area contributed by atoms with Crippen LogP contribution in [0.4, 0.5) is 25.4 Å². The number of ether oxygens (including phenoxy) is 2. The molecule has 0 radical (unpaired) electrons. The average molecular weight is 725 g/mol. The van der Waals surface area contributed by atoms with Crippen molar-refractivity contribution in [1.82, 2.24) is 15.3 Å². The number of rotatable bonds is 4. The average Bonchev–Trinajstić information content (AvgIpc) is 3.88. The van der Waals surface area contributed by atoms with Crippen LogP contribution in [0.1, 0.15) is 125 Å². The van der Waals surface area contributed by atoms with E-state index in [-0.39, 0.29) is 29.4 Å². The molecule has 4 heterocycles. The molecule has 3 N–H and O–H groups in total. The molecule has 12 heteroatoms. The molecule has 53 heavy (non-hydrogen) atoms. The Morgan fingerprint density at radius 2 is 1.21 bits per heavy atom. The Balaban J connectivity index is 0.000000160. The fourth-order valence-corrected chi connectivity index (χ4v) is 7.55. The molecule has 4 aliphatic carbocycles. The number of carbonyl (C=O) groups is 3. The number of nitrogens with two attached hydrogens (primary N) is 1. The summed E-state index contributed by atoms with van der Waals surface area (Å²) in [5.74, 6) is 1.18. The summed E-state index contributed by atoms with van der Waals surface area (Å²) < 4.78 is 24.3. The summed E-state index contributed by atoms with van der Waals surface area (Å²) in [6, 6.07) is 13.3. The predicted molar refractivity (Wildman–Crippen MR) is 197 cm³/mol.